The Labute approximate surface area is 67.9 Å². The molecule has 0 saturated heterocycles. The molecule has 8 heavy (non-hydrogen) atoms. The molecule has 0 aliphatic carbocycles. The molecule has 0 fully saturated rings. The normalized spacial score (nSPS) is 6.25. The van der Waals surface area contributed by atoms with E-state index in [2.05, 4.69) is 45.0 Å². The molecule has 0 atom stereocenters. The van der Waals surface area contributed by atoms with Crippen molar-refractivity contribution in [1.29, 1.82) is 0 Å². The van der Waals surface area contributed by atoms with Crippen molar-refractivity contribution in [3.8, 4) is 0 Å². The summed E-state index contributed by atoms with van der Waals surface area (Å²) in [7, 11) is 0. The lowest BCUT2D eigenvalue weighted by molar-refractivity contribution is 1.87. The molecule has 0 amide bonds. The number of hydrogen-bond donors (Lipinski definition) is 0. The third-order valence-corrected chi connectivity index (χ3v) is 1.13. The van der Waals surface area contributed by atoms with Crippen LogP contribution in [0.5, 0.6) is 0 Å². The van der Waals surface area contributed by atoms with Crippen molar-refractivity contribution in [2.24, 2.45) is 0 Å². The second-order valence-electron chi connectivity index (χ2n) is 0.886. The van der Waals surface area contributed by atoms with E-state index >= 15 is 0 Å². The zero-order chi connectivity index (χ0) is 6.83. The fourth-order valence-corrected chi connectivity index (χ4v) is 0. The minimum Gasteiger partial charge on any atom is -0.102 e. The number of hydrogen-bond acceptors (Lipinski definition) is 0. The molecule has 0 bridgehead atoms. The highest BCUT2D eigenvalue weighted by atomic mass is 79.9. The Morgan fingerprint density at radius 2 is 1.12 bits per heavy atom. The van der Waals surface area contributed by atoms with E-state index in [-0.39, 0.29) is 0 Å². The summed E-state index contributed by atoms with van der Waals surface area (Å²) in [6, 6.07) is 0. The van der Waals surface area contributed by atoms with E-state index in [0.29, 0.717) is 0 Å². The summed E-state index contributed by atoms with van der Waals surface area (Å²) in [4.78, 5) is 0. The molecule has 0 aromatic carbocycles. The van der Waals surface area contributed by atoms with Crippen LogP contribution in [0, 0.1) is 0 Å². The molecule has 0 unspecified atom stereocenters. The zero-order valence-corrected chi connectivity index (χ0v) is 7.91. The zero-order valence-electron chi connectivity index (χ0n) is 4.74. The Morgan fingerprint density at radius 1 is 1.00 bits per heavy atom. The summed E-state index contributed by atoms with van der Waals surface area (Å²) in [5.74, 6) is 0. The highest BCUT2D eigenvalue weighted by molar-refractivity contribution is 9.09. The Bertz CT molecular complexity index is 42.5. The van der Waals surface area contributed by atoms with Crippen molar-refractivity contribution >= 4 is 31.9 Å². The molecule has 0 aromatic rings. The quantitative estimate of drug-likeness (QED) is 0.515. The van der Waals surface area contributed by atoms with Crippen LogP contribution in [-0.4, -0.2) is 10.7 Å². The van der Waals surface area contributed by atoms with E-state index < -0.39 is 0 Å². The molecule has 0 heterocycles. The van der Waals surface area contributed by atoms with Gasteiger partial charge in [-0.3, -0.25) is 0 Å². The van der Waals surface area contributed by atoms with Crippen LogP contribution in [0.3, 0.4) is 0 Å². The third kappa shape index (κ3) is 32.0. The first-order chi connectivity index (χ1) is 3.83. The van der Waals surface area contributed by atoms with Gasteiger partial charge in [0.25, 0.3) is 0 Å². The van der Waals surface area contributed by atoms with Crippen molar-refractivity contribution < 1.29 is 0 Å². The SMILES string of the molecule is C=CCBr.C=CCBr. The Kier molecular flexibility index (Phi) is 22.0. The molecular formula is C6H10Br2. The molecule has 0 aliphatic rings. The maximum atomic E-state index is 3.43. The highest BCUT2D eigenvalue weighted by Crippen LogP contribution is 1.73. The fraction of sp³-hybridized carbons (Fsp3) is 0.333. The lowest BCUT2D eigenvalue weighted by atomic mass is 10.8. The summed E-state index contributed by atoms with van der Waals surface area (Å²) in [5.41, 5.74) is 0. The summed E-state index contributed by atoms with van der Waals surface area (Å²) in [6.45, 7) is 6.86. The first kappa shape index (κ1) is 11.3. The third-order valence-electron chi connectivity index (χ3n) is 0.218. The lowest BCUT2D eigenvalue weighted by Crippen LogP contribution is -1.43. The smallest absolute Gasteiger partial charge is 0.0209 e. The van der Waals surface area contributed by atoms with Crippen LogP contribution >= 0.6 is 31.9 Å². The van der Waals surface area contributed by atoms with E-state index in [1.54, 1.807) is 12.2 Å². The number of halogens is 2. The average Bonchev–Trinajstić information content (AvgIpc) is 1.88. The average molecular weight is 242 g/mol. The topological polar surface area (TPSA) is 0 Å². The Hall–Kier alpha value is 0.440. The van der Waals surface area contributed by atoms with Crippen molar-refractivity contribution in [3.05, 3.63) is 25.3 Å². The standard InChI is InChI=1S/2C3H5Br/c2*1-2-3-4/h2*2H,1,3H2. The van der Waals surface area contributed by atoms with Crippen LogP contribution in [-0.2, 0) is 0 Å². The summed E-state index contributed by atoms with van der Waals surface area (Å²) in [6.07, 6.45) is 3.58. The number of alkyl halides is 2. The summed E-state index contributed by atoms with van der Waals surface area (Å²) >= 11 is 6.26. The van der Waals surface area contributed by atoms with Gasteiger partial charge < -0.3 is 0 Å². The van der Waals surface area contributed by atoms with Gasteiger partial charge in [-0.15, -0.1) is 13.2 Å². The molecule has 0 N–H and O–H groups in total. The van der Waals surface area contributed by atoms with Crippen LogP contribution in [0.15, 0.2) is 25.3 Å². The van der Waals surface area contributed by atoms with Gasteiger partial charge >= 0.3 is 0 Å². The lowest BCUT2D eigenvalue weighted by Gasteiger charge is -1.55. The second kappa shape index (κ2) is 15.7. The van der Waals surface area contributed by atoms with Crippen molar-refractivity contribution in [2.75, 3.05) is 10.7 Å². The molecule has 2 heteroatoms. The van der Waals surface area contributed by atoms with E-state index in [9.17, 15) is 0 Å². The van der Waals surface area contributed by atoms with Crippen molar-refractivity contribution in [1.82, 2.24) is 0 Å². The predicted octanol–water partition coefficient (Wildman–Crippen LogP) is 3.13. The molecule has 0 aromatic heterocycles. The van der Waals surface area contributed by atoms with Gasteiger partial charge in [0.1, 0.15) is 0 Å². The number of rotatable bonds is 2. The van der Waals surface area contributed by atoms with E-state index in [1.165, 1.54) is 0 Å². The first-order valence-corrected chi connectivity index (χ1v) is 4.41. The van der Waals surface area contributed by atoms with Gasteiger partial charge in [-0.1, -0.05) is 44.0 Å². The van der Waals surface area contributed by atoms with E-state index in [0.717, 1.165) is 10.7 Å². The summed E-state index contributed by atoms with van der Waals surface area (Å²) in [5, 5.41) is 1.79. The monoisotopic (exact) mass is 240 g/mol. The van der Waals surface area contributed by atoms with Gasteiger partial charge in [-0.05, 0) is 0 Å². The Balaban J connectivity index is 0. The molecule has 0 rings (SSSR count). The van der Waals surface area contributed by atoms with Crippen LogP contribution in [0.2, 0.25) is 0 Å². The van der Waals surface area contributed by atoms with Gasteiger partial charge in [0.15, 0.2) is 0 Å². The maximum absolute atomic E-state index is 3.43. The molecule has 0 radical (unpaired) electrons. The van der Waals surface area contributed by atoms with Gasteiger partial charge in [0, 0.05) is 10.7 Å². The molecular weight excluding hydrogens is 232 g/mol. The van der Waals surface area contributed by atoms with Crippen LogP contribution in [0.25, 0.3) is 0 Å². The second-order valence-corrected chi connectivity index (χ2v) is 2.18. The molecule has 0 saturated carbocycles. The molecule has 0 aliphatic heterocycles. The van der Waals surface area contributed by atoms with Gasteiger partial charge in [0.2, 0.25) is 0 Å². The van der Waals surface area contributed by atoms with Crippen LogP contribution in [0.1, 0.15) is 0 Å². The fourth-order valence-electron chi connectivity index (χ4n) is 0. The van der Waals surface area contributed by atoms with Crippen molar-refractivity contribution in [3.63, 3.8) is 0 Å². The largest absolute Gasteiger partial charge is 0.102 e. The summed E-state index contributed by atoms with van der Waals surface area (Å²) < 4.78 is 0. The number of allylic oxidation sites excluding steroid dienone is 2. The molecule has 0 nitrogen and oxygen atoms in total. The Morgan fingerprint density at radius 3 is 1.12 bits per heavy atom. The molecule has 0 spiro atoms. The highest BCUT2D eigenvalue weighted by Gasteiger charge is 1.48. The van der Waals surface area contributed by atoms with Gasteiger partial charge in [-0.2, -0.15) is 0 Å². The first-order valence-electron chi connectivity index (χ1n) is 2.17. The minimum atomic E-state index is 0.896. The minimum absolute atomic E-state index is 0.896. The van der Waals surface area contributed by atoms with Crippen molar-refractivity contribution in [2.45, 2.75) is 0 Å². The van der Waals surface area contributed by atoms with Gasteiger partial charge in [0.05, 0.1) is 0 Å². The predicted molar refractivity (Wildman–Crippen MR) is 48.0 cm³/mol. The van der Waals surface area contributed by atoms with Crippen LogP contribution < -0.4 is 0 Å². The van der Waals surface area contributed by atoms with E-state index in [1.807, 2.05) is 0 Å². The van der Waals surface area contributed by atoms with Gasteiger partial charge in [-0.25, -0.2) is 0 Å². The molecule has 48 valence electrons. The van der Waals surface area contributed by atoms with Crippen LogP contribution in [0.4, 0.5) is 0 Å². The van der Waals surface area contributed by atoms with E-state index in [4.69, 9.17) is 0 Å². The maximum Gasteiger partial charge on any atom is 0.0209 e.